The van der Waals surface area contributed by atoms with Gasteiger partial charge in [-0.05, 0) is 63.0 Å². The number of carbonyl (C=O) groups excluding carboxylic acids is 1. The average molecular weight is 362 g/mol. The fraction of sp³-hybridized carbons (Fsp3) is 0.444. The van der Waals surface area contributed by atoms with E-state index >= 15 is 0 Å². The molecule has 2 aromatic rings. The summed E-state index contributed by atoms with van der Waals surface area (Å²) < 4.78 is 0. The highest BCUT2D eigenvalue weighted by molar-refractivity contribution is 7.17. The molecule has 1 amide bonds. The predicted molar refractivity (Wildman–Crippen MR) is 97.6 cm³/mol. The lowest BCUT2D eigenvalue weighted by Crippen LogP contribution is -2.62. The van der Waals surface area contributed by atoms with Gasteiger partial charge in [-0.25, -0.2) is 4.98 Å². The Kier molecular flexibility index (Phi) is 4.33. The van der Waals surface area contributed by atoms with E-state index < -0.39 is 0 Å². The van der Waals surface area contributed by atoms with Crippen LogP contribution >= 0.6 is 22.9 Å². The van der Waals surface area contributed by atoms with Crippen LogP contribution in [0, 0.1) is 5.92 Å². The van der Waals surface area contributed by atoms with Gasteiger partial charge in [0.15, 0.2) is 0 Å². The Morgan fingerprint density at radius 3 is 2.79 bits per heavy atom. The third-order valence-corrected chi connectivity index (χ3v) is 6.59. The Bertz CT molecular complexity index is 752. The summed E-state index contributed by atoms with van der Waals surface area (Å²) in [5.41, 5.74) is 0.808. The number of nitrogens with zero attached hydrogens (tertiary/aromatic N) is 2. The number of rotatable bonds is 3. The first-order chi connectivity index (χ1) is 11.6. The zero-order valence-corrected chi connectivity index (χ0v) is 15.1. The van der Waals surface area contributed by atoms with E-state index in [-0.39, 0.29) is 11.9 Å². The van der Waals surface area contributed by atoms with Gasteiger partial charge in [-0.1, -0.05) is 17.7 Å². The minimum absolute atomic E-state index is 0.0267. The second kappa shape index (κ2) is 6.47. The molecule has 5 heterocycles. The van der Waals surface area contributed by atoms with Gasteiger partial charge in [-0.15, -0.1) is 11.3 Å². The number of halogens is 1. The van der Waals surface area contributed by atoms with Crippen molar-refractivity contribution in [1.29, 1.82) is 0 Å². The molecular formula is C18H20ClN3OS. The number of amides is 1. The van der Waals surface area contributed by atoms with Crippen molar-refractivity contribution in [3.8, 4) is 10.6 Å². The van der Waals surface area contributed by atoms with E-state index in [2.05, 4.69) is 22.1 Å². The highest BCUT2D eigenvalue weighted by Gasteiger charge is 2.40. The molecule has 2 unspecified atom stereocenters. The highest BCUT2D eigenvalue weighted by Crippen LogP contribution is 2.33. The van der Waals surface area contributed by atoms with Crippen molar-refractivity contribution in [2.24, 2.45) is 5.92 Å². The number of thiophene rings is 1. The maximum absolute atomic E-state index is 12.7. The molecule has 3 saturated heterocycles. The molecular weight excluding hydrogens is 342 g/mol. The van der Waals surface area contributed by atoms with Crippen LogP contribution in [0.4, 0.5) is 0 Å². The van der Waals surface area contributed by atoms with Gasteiger partial charge >= 0.3 is 0 Å². The number of carbonyl (C=O) groups is 1. The number of nitrogens with one attached hydrogen (secondary N) is 1. The van der Waals surface area contributed by atoms with Crippen LogP contribution < -0.4 is 5.32 Å². The maximum Gasteiger partial charge on any atom is 0.261 e. The number of hydrogen-bond donors (Lipinski definition) is 1. The summed E-state index contributed by atoms with van der Waals surface area (Å²) in [7, 11) is 0. The molecule has 0 radical (unpaired) electrons. The molecule has 3 fully saturated rings. The highest BCUT2D eigenvalue weighted by atomic mass is 35.5. The Labute approximate surface area is 150 Å². The lowest BCUT2D eigenvalue weighted by Gasteiger charge is -2.49. The molecule has 2 aromatic heterocycles. The minimum atomic E-state index is 0.0267. The summed E-state index contributed by atoms with van der Waals surface area (Å²) in [5, 5.41) is 3.74. The van der Waals surface area contributed by atoms with Gasteiger partial charge in [0, 0.05) is 12.1 Å². The van der Waals surface area contributed by atoms with Crippen molar-refractivity contribution >= 4 is 28.8 Å². The van der Waals surface area contributed by atoms with Crippen molar-refractivity contribution in [2.45, 2.75) is 31.8 Å². The van der Waals surface area contributed by atoms with Crippen LogP contribution in [-0.4, -0.2) is 41.0 Å². The third kappa shape index (κ3) is 2.96. The zero-order chi connectivity index (χ0) is 16.7. The van der Waals surface area contributed by atoms with E-state index in [1.807, 2.05) is 24.3 Å². The summed E-state index contributed by atoms with van der Waals surface area (Å²) in [4.78, 5) is 21.2. The zero-order valence-electron chi connectivity index (χ0n) is 13.5. The number of hydrogen-bond acceptors (Lipinski definition) is 4. The summed E-state index contributed by atoms with van der Waals surface area (Å²) in [6.45, 7) is 4.57. The van der Waals surface area contributed by atoms with E-state index in [1.165, 1.54) is 37.3 Å². The van der Waals surface area contributed by atoms with Gasteiger partial charge in [0.2, 0.25) is 0 Å². The Balaban J connectivity index is 1.49. The molecule has 0 aromatic carbocycles. The molecule has 24 heavy (non-hydrogen) atoms. The smallest absolute Gasteiger partial charge is 0.261 e. The first kappa shape index (κ1) is 16.1. The molecule has 0 spiro atoms. The van der Waals surface area contributed by atoms with Crippen LogP contribution in [0.5, 0.6) is 0 Å². The van der Waals surface area contributed by atoms with Crippen molar-refractivity contribution < 1.29 is 4.79 Å². The largest absolute Gasteiger partial charge is 0.347 e. The maximum atomic E-state index is 12.7. The summed E-state index contributed by atoms with van der Waals surface area (Å²) >= 11 is 7.42. The van der Waals surface area contributed by atoms with Crippen molar-refractivity contribution in [1.82, 2.24) is 15.2 Å². The van der Waals surface area contributed by atoms with Crippen molar-refractivity contribution in [3.05, 3.63) is 40.4 Å². The van der Waals surface area contributed by atoms with E-state index in [1.54, 1.807) is 6.07 Å². The van der Waals surface area contributed by atoms with Gasteiger partial charge in [-0.2, -0.15) is 0 Å². The number of pyridine rings is 1. The third-order valence-electron chi connectivity index (χ3n) is 5.27. The van der Waals surface area contributed by atoms with Gasteiger partial charge in [0.1, 0.15) is 5.15 Å². The second-order valence-electron chi connectivity index (χ2n) is 6.62. The monoisotopic (exact) mass is 361 g/mol. The Morgan fingerprint density at radius 1 is 1.29 bits per heavy atom. The van der Waals surface area contributed by atoms with Gasteiger partial charge in [0.25, 0.3) is 5.91 Å². The van der Waals surface area contributed by atoms with E-state index in [0.29, 0.717) is 17.1 Å². The SMILES string of the molecule is CC1C(NC(=O)c2ccc(-c3cccc(Cl)n3)s2)C2CCN1CC2. The van der Waals surface area contributed by atoms with E-state index in [4.69, 9.17) is 11.6 Å². The molecule has 5 rings (SSSR count). The van der Waals surface area contributed by atoms with Crippen LogP contribution in [0.3, 0.4) is 0 Å². The van der Waals surface area contributed by atoms with Crippen LogP contribution in [0.15, 0.2) is 30.3 Å². The van der Waals surface area contributed by atoms with Crippen LogP contribution in [0.2, 0.25) is 5.15 Å². The minimum Gasteiger partial charge on any atom is -0.347 e. The summed E-state index contributed by atoms with van der Waals surface area (Å²) in [6.07, 6.45) is 2.38. The van der Waals surface area contributed by atoms with Gasteiger partial charge < -0.3 is 5.32 Å². The number of piperidine rings is 3. The van der Waals surface area contributed by atoms with E-state index in [9.17, 15) is 4.79 Å². The lowest BCUT2D eigenvalue weighted by molar-refractivity contribution is 0.0218. The number of fused-ring (bicyclic) bond motifs is 3. The molecule has 6 heteroatoms. The van der Waals surface area contributed by atoms with Crippen molar-refractivity contribution in [3.63, 3.8) is 0 Å². The molecule has 126 valence electrons. The van der Waals surface area contributed by atoms with E-state index in [0.717, 1.165) is 15.4 Å². The molecule has 0 aliphatic carbocycles. The topological polar surface area (TPSA) is 45.2 Å². The Hall–Kier alpha value is -1.43. The molecule has 3 aliphatic rings. The molecule has 3 aliphatic heterocycles. The molecule has 2 bridgehead atoms. The molecule has 0 saturated carbocycles. The van der Waals surface area contributed by atoms with Gasteiger partial charge in [0.05, 0.1) is 15.4 Å². The van der Waals surface area contributed by atoms with Crippen LogP contribution in [-0.2, 0) is 0 Å². The molecule has 2 atom stereocenters. The predicted octanol–water partition coefficient (Wildman–Crippen LogP) is 3.68. The lowest BCUT2D eigenvalue weighted by atomic mass is 9.79. The number of aromatic nitrogens is 1. The van der Waals surface area contributed by atoms with Gasteiger partial charge in [-0.3, -0.25) is 9.69 Å². The molecule has 4 nitrogen and oxygen atoms in total. The molecule has 1 N–H and O–H groups in total. The first-order valence-corrected chi connectivity index (χ1v) is 9.59. The summed E-state index contributed by atoms with van der Waals surface area (Å²) in [5.74, 6) is 0.641. The standard InChI is InChI=1S/C18H20ClN3OS/c1-11-17(12-7-9-22(11)10-8-12)21-18(23)15-6-5-14(24-15)13-3-2-4-16(19)20-13/h2-6,11-12,17H,7-10H2,1H3,(H,21,23). The quantitative estimate of drug-likeness (QED) is 0.848. The summed E-state index contributed by atoms with van der Waals surface area (Å²) in [6, 6.07) is 10.0. The Morgan fingerprint density at radius 2 is 2.08 bits per heavy atom. The van der Waals surface area contributed by atoms with Crippen LogP contribution in [0.1, 0.15) is 29.4 Å². The second-order valence-corrected chi connectivity index (χ2v) is 8.09. The van der Waals surface area contributed by atoms with Crippen LogP contribution in [0.25, 0.3) is 10.6 Å². The average Bonchev–Trinajstić information content (AvgIpc) is 3.09. The first-order valence-electron chi connectivity index (χ1n) is 8.39. The fourth-order valence-corrected chi connectivity index (χ4v) is 4.95. The van der Waals surface area contributed by atoms with Crippen molar-refractivity contribution in [2.75, 3.05) is 13.1 Å². The fourth-order valence-electron chi connectivity index (χ4n) is 3.91. The normalized spacial score (nSPS) is 28.8.